The SMILES string of the molecule is CC1(C)C2CC[C@]3(C)C(C(=O)C=C4[C@H]5C[C@](C)(C(=O)[O-])CC[C@]5(C)CC[C@]43C)[C@@]2(C)CC[C@@H]1OC(=O)c1ccccc1C(=O)[O-].[Na+].[Na+]. The molecule has 4 fully saturated rings. The van der Waals surface area contributed by atoms with E-state index in [1.165, 1.54) is 17.7 Å². The summed E-state index contributed by atoms with van der Waals surface area (Å²) >= 11 is 0. The number of hydrogen-bond acceptors (Lipinski definition) is 7. The molecule has 0 radical (unpaired) electrons. The van der Waals surface area contributed by atoms with E-state index >= 15 is 0 Å². The number of aliphatic carboxylic acids is 1. The number of hydrogen-bond donors (Lipinski definition) is 0. The van der Waals surface area contributed by atoms with Crippen LogP contribution in [0.5, 0.6) is 0 Å². The second-order valence-corrected chi connectivity index (χ2v) is 17.1. The second kappa shape index (κ2) is 12.7. The summed E-state index contributed by atoms with van der Waals surface area (Å²) in [5, 5.41) is 23.9. The molecule has 1 aromatic rings. The molecule has 47 heavy (non-hydrogen) atoms. The van der Waals surface area contributed by atoms with Gasteiger partial charge in [0.05, 0.1) is 11.5 Å². The monoisotopic (exact) mass is 662 g/mol. The molecule has 0 spiro atoms. The van der Waals surface area contributed by atoms with E-state index in [1.54, 1.807) is 12.1 Å². The zero-order valence-electron chi connectivity index (χ0n) is 29.9. The van der Waals surface area contributed by atoms with Crippen molar-refractivity contribution < 1.29 is 93.2 Å². The van der Waals surface area contributed by atoms with Gasteiger partial charge in [0.1, 0.15) is 6.10 Å². The predicted octanol–water partition coefficient (Wildman–Crippen LogP) is -0.686. The topological polar surface area (TPSA) is 124 Å². The average molecular weight is 663 g/mol. The first kappa shape index (κ1) is 38.8. The fourth-order valence-corrected chi connectivity index (χ4v) is 11.6. The van der Waals surface area contributed by atoms with Gasteiger partial charge in [0.25, 0.3) is 0 Å². The van der Waals surface area contributed by atoms with Crippen LogP contribution in [0.25, 0.3) is 0 Å². The van der Waals surface area contributed by atoms with Gasteiger partial charge >= 0.3 is 65.1 Å². The molecular weight excluding hydrogens is 614 g/mol. The molecule has 9 atom stereocenters. The third-order valence-corrected chi connectivity index (χ3v) is 14.6. The number of ketones is 1. The van der Waals surface area contributed by atoms with Crippen molar-refractivity contribution in [2.75, 3.05) is 0 Å². The Balaban J connectivity index is 0.00000250. The largest absolute Gasteiger partial charge is 1.00 e. The molecule has 9 heteroatoms. The molecule has 1 aromatic carbocycles. The van der Waals surface area contributed by atoms with Crippen LogP contribution in [0.2, 0.25) is 0 Å². The van der Waals surface area contributed by atoms with E-state index in [9.17, 15) is 29.4 Å². The van der Waals surface area contributed by atoms with E-state index in [4.69, 9.17) is 4.74 Å². The van der Waals surface area contributed by atoms with E-state index in [1.807, 2.05) is 13.0 Å². The quantitative estimate of drug-likeness (QED) is 0.309. The Hall–Kier alpha value is -0.960. The number of benzene rings is 1. The fraction of sp³-hybridized carbons (Fsp3) is 0.684. The average Bonchev–Trinajstić information content (AvgIpc) is 2.96. The van der Waals surface area contributed by atoms with Gasteiger partial charge in [0.15, 0.2) is 5.78 Å². The summed E-state index contributed by atoms with van der Waals surface area (Å²) in [6.45, 7) is 15.3. The van der Waals surface area contributed by atoms with E-state index in [2.05, 4.69) is 41.5 Å². The Bertz CT molecular complexity index is 1520. The second-order valence-electron chi connectivity index (χ2n) is 17.1. The van der Waals surface area contributed by atoms with Gasteiger partial charge in [-0.3, -0.25) is 4.79 Å². The minimum Gasteiger partial charge on any atom is -0.550 e. The molecule has 0 heterocycles. The Kier molecular flexibility index (Phi) is 10.5. The van der Waals surface area contributed by atoms with Gasteiger partial charge in [0.2, 0.25) is 0 Å². The summed E-state index contributed by atoms with van der Waals surface area (Å²) in [6, 6.07) is 5.99. The molecule has 0 amide bonds. The molecule has 244 valence electrons. The molecule has 0 aromatic heterocycles. The maximum absolute atomic E-state index is 14.6. The molecule has 5 aliphatic rings. The number of carbonyl (C=O) groups is 4. The molecule has 7 nitrogen and oxygen atoms in total. The van der Waals surface area contributed by atoms with Crippen LogP contribution >= 0.6 is 0 Å². The number of aromatic carboxylic acids is 1. The standard InChI is InChI=1S/C38H50O7.2Na/c1-33(2)27-12-15-38(7)29(36(27,5)14-13-28(33)45-31(42)23-11-9-8-10-22(23)30(40)41)26(39)20-24-25-21-35(4,32(43)44)17-16-34(25,3)18-19-37(24,38)6;;/h8-11,20,25,27-29H,12-19,21H2,1-7H3,(H,40,41)(H,43,44);;/q;2*+1/p-2/t25-,27?,28+,29?,34-,35-,36+,37-,38-;;/m1../s1. The molecule has 0 saturated heterocycles. The molecule has 5 aliphatic carbocycles. The number of fused-ring (bicyclic) bond motifs is 7. The third-order valence-electron chi connectivity index (χ3n) is 14.6. The molecule has 0 aliphatic heterocycles. The Morgan fingerprint density at radius 2 is 1.43 bits per heavy atom. The van der Waals surface area contributed by atoms with Crippen LogP contribution in [0.1, 0.15) is 127 Å². The molecule has 4 saturated carbocycles. The summed E-state index contributed by atoms with van der Waals surface area (Å²) in [5.74, 6) is -2.95. The normalized spacial score (nSPS) is 41.6. The maximum Gasteiger partial charge on any atom is 1.00 e. The molecule has 0 bridgehead atoms. The molecule has 0 N–H and O–H groups in total. The van der Waals surface area contributed by atoms with Crippen molar-refractivity contribution >= 4 is 23.7 Å². The van der Waals surface area contributed by atoms with Crippen LogP contribution in [-0.4, -0.2) is 29.8 Å². The van der Waals surface area contributed by atoms with Crippen LogP contribution in [-0.2, 0) is 14.3 Å². The van der Waals surface area contributed by atoms with Gasteiger partial charge in [-0.05, 0) is 103 Å². The van der Waals surface area contributed by atoms with Crippen molar-refractivity contribution in [3.63, 3.8) is 0 Å². The Morgan fingerprint density at radius 3 is 2.04 bits per heavy atom. The summed E-state index contributed by atoms with van der Waals surface area (Å²) < 4.78 is 6.10. The first-order valence-electron chi connectivity index (χ1n) is 16.8. The predicted molar refractivity (Wildman–Crippen MR) is 164 cm³/mol. The van der Waals surface area contributed by atoms with Crippen molar-refractivity contribution in [3.8, 4) is 0 Å². The van der Waals surface area contributed by atoms with E-state index < -0.39 is 34.8 Å². The van der Waals surface area contributed by atoms with Gasteiger partial charge in [-0.15, -0.1) is 0 Å². The van der Waals surface area contributed by atoms with Gasteiger partial charge in [-0.25, -0.2) is 4.79 Å². The molecular formula is C38H48Na2O7. The van der Waals surface area contributed by atoms with E-state index in [-0.39, 0.29) is 115 Å². The Morgan fingerprint density at radius 1 is 0.809 bits per heavy atom. The summed E-state index contributed by atoms with van der Waals surface area (Å²) in [7, 11) is 0. The van der Waals surface area contributed by atoms with Crippen molar-refractivity contribution in [1.82, 2.24) is 0 Å². The minimum absolute atomic E-state index is 0. The number of carboxylic acids is 2. The van der Waals surface area contributed by atoms with Crippen molar-refractivity contribution in [2.45, 2.75) is 112 Å². The van der Waals surface area contributed by atoms with Crippen LogP contribution in [0.15, 0.2) is 35.9 Å². The van der Waals surface area contributed by atoms with Gasteiger partial charge in [-0.2, -0.15) is 0 Å². The zero-order valence-corrected chi connectivity index (χ0v) is 33.9. The minimum atomic E-state index is -1.41. The summed E-state index contributed by atoms with van der Waals surface area (Å²) in [4.78, 5) is 51.8. The van der Waals surface area contributed by atoms with Crippen molar-refractivity contribution in [3.05, 3.63) is 47.0 Å². The first-order chi connectivity index (χ1) is 20.8. The van der Waals surface area contributed by atoms with Crippen LogP contribution in [0.3, 0.4) is 0 Å². The van der Waals surface area contributed by atoms with Crippen molar-refractivity contribution in [2.24, 2.45) is 50.2 Å². The zero-order chi connectivity index (χ0) is 33.0. The number of ether oxygens (including phenoxy) is 1. The number of carbonyl (C=O) groups excluding carboxylic acids is 4. The van der Waals surface area contributed by atoms with E-state index in [0.717, 1.165) is 38.5 Å². The molecule has 6 rings (SSSR count). The van der Waals surface area contributed by atoms with Crippen LogP contribution in [0, 0.1) is 50.2 Å². The first-order valence-corrected chi connectivity index (χ1v) is 16.8. The number of carboxylic acid groups (broad SMARTS) is 2. The van der Waals surface area contributed by atoms with Gasteiger partial charge < -0.3 is 24.5 Å². The maximum atomic E-state index is 14.6. The third kappa shape index (κ3) is 5.60. The summed E-state index contributed by atoms with van der Waals surface area (Å²) in [6.07, 6.45) is 8.51. The smallest absolute Gasteiger partial charge is 0.550 e. The van der Waals surface area contributed by atoms with Gasteiger partial charge in [-0.1, -0.05) is 72.2 Å². The summed E-state index contributed by atoms with van der Waals surface area (Å²) in [5.41, 5.74) is -1.22. The van der Waals surface area contributed by atoms with E-state index in [0.29, 0.717) is 19.3 Å². The molecule has 2 unspecified atom stereocenters. The fourth-order valence-electron chi connectivity index (χ4n) is 11.6. The van der Waals surface area contributed by atoms with Crippen LogP contribution < -0.4 is 69.3 Å². The number of esters is 1. The van der Waals surface area contributed by atoms with Crippen molar-refractivity contribution in [1.29, 1.82) is 0 Å². The van der Waals surface area contributed by atoms with Crippen LogP contribution in [0.4, 0.5) is 0 Å². The number of allylic oxidation sites excluding steroid dienone is 2. The van der Waals surface area contributed by atoms with Gasteiger partial charge in [0, 0.05) is 28.3 Å². The Labute approximate surface area is 324 Å². The number of rotatable bonds is 4.